The number of rotatable bonds is 2. The number of thiazole rings is 1. The number of carbonyl (C=O) groups is 1. The molecule has 0 unspecified atom stereocenters. The second-order valence-electron chi connectivity index (χ2n) is 6.39. The molecule has 0 atom stereocenters. The fourth-order valence-corrected chi connectivity index (χ4v) is 4.13. The summed E-state index contributed by atoms with van der Waals surface area (Å²) in [4.78, 5) is 11.3. The molecule has 4 nitrogen and oxygen atoms in total. The third-order valence-electron chi connectivity index (χ3n) is 4.27. The van der Waals surface area contributed by atoms with Crippen molar-refractivity contribution in [2.45, 2.75) is 13.8 Å². The van der Waals surface area contributed by atoms with Gasteiger partial charge in [0.2, 0.25) is 11.4 Å². The van der Waals surface area contributed by atoms with Gasteiger partial charge in [0.25, 0.3) is 5.01 Å². The fraction of sp³-hybridized carbons (Fsp3) is 0.143. The van der Waals surface area contributed by atoms with Gasteiger partial charge in [-0.15, -0.1) is 0 Å². The van der Waals surface area contributed by atoms with Crippen LogP contribution in [0.15, 0.2) is 48.2 Å². The SMILES string of the molecule is CC(=O)Nc1ccc2c(c1)sc(/C=C1\C=Cc3cc(C)ccc3O1)[n+]2C. The molecule has 4 rings (SSSR count). The van der Waals surface area contributed by atoms with E-state index in [0.717, 1.165) is 38.0 Å². The molecule has 0 bridgehead atoms. The van der Waals surface area contributed by atoms with Crippen LogP contribution in [0, 0.1) is 6.92 Å². The number of aryl methyl sites for hydroxylation is 2. The van der Waals surface area contributed by atoms with Gasteiger partial charge in [0.15, 0.2) is 0 Å². The van der Waals surface area contributed by atoms with Crippen LogP contribution in [-0.2, 0) is 11.8 Å². The van der Waals surface area contributed by atoms with E-state index in [4.69, 9.17) is 4.74 Å². The van der Waals surface area contributed by atoms with Gasteiger partial charge in [-0.3, -0.25) is 4.79 Å². The zero-order valence-corrected chi connectivity index (χ0v) is 15.7. The molecule has 1 aliphatic rings. The van der Waals surface area contributed by atoms with Gasteiger partial charge in [0.1, 0.15) is 23.3 Å². The Morgan fingerprint density at radius 3 is 2.85 bits per heavy atom. The number of benzene rings is 2. The summed E-state index contributed by atoms with van der Waals surface area (Å²) >= 11 is 1.66. The molecule has 0 aliphatic carbocycles. The fourth-order valence-electron chi connectivity index (χ4n) is 3.00. The number of hydrogen-bond donors (Lipinski definition) is 1. The van der Waals surface area contributed by atoms with E-state index in [-0.39, 0.29) is 5.91 Å². The maximum atomic E-state index is 11.3. The molecule has 26 heavy (non-hydrogen) atoms. The highest BCUT2D eigenvalue weighted by atomic mass is 32.1. The molecule has 2 heterocycles. The smallest absolute Gasteiger partial charge is 0.266 e. The number of aromatic nitrogens is 1. The van der Waals surface area contributed by atoms with E-state index in [0.29, 0.717) is 0 Å². The predicted octanol–water partition coefficient (Wildman–Crippen LogP) is 4.44. The van der Waals surface area contributed by atoms with E-state index in [1.807, 2.05) is 43.5 Å². The number of nitrogens with one attached hydrogen (secondary N) is 1. The molecule has 0 saturated heterocycles. The number of carbonyl (C=O) groups excluding carboxylic acids is 1. The summed E-state index contributed by atoms with van der Waals surface area (Å²) in [7, 11) is 2.03. The molecule has 130 valence electrons. The van der Waals surface area contributed by atoms with Crippen LogP contribution >= 0.6 is 11.3 Å². The Bertz CT molecular complexity index is 1090. The highest BCUT2D eigenvalue weighted by Crippen LogP contribution is 2.30. The highest BCUT2D eigenvalue weighted by Gasteiger charge is 2.18. The first kappa shape index (κ1) is 16.5. The molecule has 0 saturated carbocycles. The van der Waals surface area contributed by atoms with Crippen molar-refractivity contribution in [3.63, 3.8) is 0 Å². The van der Waals surface area contributed by atoms with E-state index in [9.17, 15) is 4.79 Å². The van der Waals surface area contributed by atoms with Gasteiger partial charge < -0.3 is 10.1 Å². The lowest BCUT2D eigenvalue weighted by Gasteiger charge is -2.14. The van der Waals surface area contributed by atoms with Crippen LogP contribution < -0.4 is 14.6 Å². The van der Waals surface area contributed by atoms with Crippen LogP contribution in [-0.4, -0.2) is 5.91 Å². The first-order valence-corrected chi connectivity index (χ1v) is 9.20. The Balaban J connectivity index is 1.69. The molecule has 0 radical (unpaired) electrons. The molecule has 2 aromatic carbocycles. The summed E-state index contributed by atoms with van der Waals surface area (Å²) in [6, 6.07) is 12.1. The predicted molar refractivity (Wildman–Crippen MR) is 106 cm³/mol. The summed E-state index contributed by atoms with van der Waals surface area (Å²) in [5.41, 5.74) is 4.24. The van der Waals surface area contributed by atoms with E-state index in [1.54, 1.807) is 11.3 Å². The largest absolute Gasteiger partial charge is 0.456 e. The zero-order chi connectivity index (χ0) is 18.3. The van der Waals surface area contributed by atoms with Crippen molar-refractivity contribution in [3.8, 4) is 5.75 Å². The molecule has 1 aromatic heterocycles. The number of hydrogen-bond acceptors (Lipinski definition) is 3. The van der Waals surface area contributed by atoms with Crippen molar-refractivity contribution in [3.05, 3.63) is 64.4 Å². The van der Waals surface area contributed by atoms with Crippen LogP contribution in [0.25, 0.3) is 22.4 Å². The third-order valence-corrected chi connectivity index (χ3v) is 5.42. The topological polar surface area (TPSA) is 42.2 Å². The van der Waals surface area contributed by atoms with Gasteiger partial charge in [-0.05, 0) is 43.3 Å². The molecule has 1 N–H and O–H groups in total. The number of nitrogens with zero attached hydrogens (tertiary/aromatic N) is 1. The van der Waals surface area contributed by atoms with Crippen LogP contribution in [0.4, 0.5) is 5.69 Å². The van der Waals surface area contributed by atoms with Gasteiger partial charge in [0.05, 0.1) is 6.08 Å². The molecule has 0 spiro atoms. The maximum Gasteiger partial charge on any atom is 0.266 e. The quantitative estimate of drug-likeness (QED) is 0.684. The monoisotopic (exact) mass is 363 g/mol. The van der Waals surface area contributed by atoms with Gasteiger partial charge in [0, 0.05) is 24.2 Å². The Morgan fingerprint density at radius 2 is 2.04 bits per heavy atom. The van der Waals surface area contributed by atoms with Crippen molar-refractivity contribution in [1.82, 2.24) is 0 Å². The number of fused-ring (bicyclic) bond motifs is 2. The molecule has 3 aromatic rings. The summed E-state index contributed by atoms with van der Waals surface area (Å²) in [5, 5.41) is 3.91. The molecule has 1 amide bonds. The minimum Gasteiger partial charge on any atom is -0.456 e. The van der Waals surface area contributed by atoms with Crippen molar-refractivity contribution in [2.75, 3.05) is 5.32 Å². The third kappa shape index (κ3) is 3.13. The Kier molecular flexibility index (Phi) is 4.09. The lowest BCUT2D eigenvalue weighted by atomic mass is 10.1. The van der Waals surface area contributed by atoms with Crippen molar-refractivity contribution >= 4 is 45.3 Å². The molecule has 1 aliphatic heterocycles. The van der Waals surface area contributed by atoms with E-state index < -0.39 is 0 Å². The summed E-state index contributed by atoms with van der Waals surface area (Å²) in [5.74, 6) is 1.62. The van der Waals surface area contributed by atoms with Crippen molar-refractivity contribution < 1.29 is 14.1 Å². The normalized spacial score (nSPS) is 14.3. The van der Waals surface area contributed by atoms with Crippen LogP contribution in [0.2, 0.25) is 0 Å². The lowest BCUT2D eigenvalue weighted by Crippen LogP contribution is -2.29. The average molecular weight is 363 g/mol. The minimum atomic E-state index is -0.0673. The average Bonchev–Trinajstić information content (AvgIpc) is 2.90. The second kappa shape index (κ2) is 6.42. The molecular formula is C21H19N2O2S+. The van der Waals surface area contributed by atoms with E-state index in [2.05, 4.69) is 35.0 Å². The Hall–Kier alpha value is -2.92. The van der Waals surface area contributed by atoms with E-state index in [1.165, 1.54) is 12.5 Å². The number of amides is 1. The Morgan fingerprint density at radius 1 is 1.19 bits per heavy atom. The van der Waals surface area contributed by atoms with Crippen molar-refractivity contribution in [1.29, 1.82) is 0 Å². The lowest BCUT2D eigenvalue weighted by molar-refractivity contribution is -0.642. The highest BCUT2D eigenvalue weighted by molar-refractivity contribution is 7.18. The minimum absolute atomic E-state index is 0.0673. The Labute approximate surface area is 156 Å². The van der Waals surface area contributed by atoms with Gasteiger partial charge in [-0.25, -0.2) is 0 Å². The second-order valence-corrected chi connectivity index (χ2v) is 7.45. The van der Waals surface area contributed by atoms with Gasteiger partial charge in [-0.1, -0.05) is 23.0 Å². The van der Waals surface area contributed by atoms with Gasteiger partial charge in [-0.2, -0.15) is 4.57 Å². The number of allylic oxidation sites excluding steroid dienone is 1. The standard InChI is InChI=1S/C21H18N2O2S/c1-13-4-9-19-15(10-13)5-7-17(25-19)12-21-23(3)18-8-6-16(22-14(2)24)11-20(18)26-21/h4-12H,1-3H3/p+1/b17-12+. The van der Waals surface area contributed by atoms with Crippen LogP contribution in [0.5, 0.6) is 5.75 Å². The summed E-state index contributed by atoms with van der Waals surface area (Å²) < 4.78 is 9.27. The van der Waals surface area contributed by atoms with Crippen LogP contribution in [0.3, 0.4) is 0 Å². The molecule has 0 fully saturated rings. The molecule has 5 heteroatoms. The first-order valence-electron chi connectivity index (χ1n) is 8.38. The first-order chi connectivity index (χ1) is 12.5. The maximum absolute atomic E-state index is 11.3. The number of ether oxygens (including phenoxy) is 1. The summed E-state index contributed by atoms with van der Waals surface area (Å²) in [6.45, 7) is 3.59. The number of anilines is 1. The van der Waals surface area contributed by atoms with Crippen LogP contribution in [0.1, 0.15) is 23.1 Å². The zero-order valence-electron chi connectivity index (χ0n) is 14.9. The summed E-state index contributed by atoms with van der Waals surface area (Å²) in [6.07, 6.45) is 6.12. The van der Waals surface area contributed by atoms with Gasteiger partial charge >= 0.3 is 0 Å². The molecular weight excluding hydrogens is 344 g/mol. The van der Waals surface area contributed by atoms with E-state index >= 15 is 0 Å². The van der Waals surface area contributed by atoms with Crippen molar-refractivity contribution in [2.24, 2.45) is 7.05 Å².